The van der Waals surface area contributed by atoms with Gasteiger partial charge in [-0.1, -0.05) is 12.1 Å². The second-order valence-corrected chi connectivity index (χ2v) is 3.72. The van der Waals surface area contributed by atoms with E-state index in [2.05, 4.69) is 9.72 Å². The molecule has 1 heterocycles. The summed E-state index contributed by atoms with van der Waals surface area (Å²) in [7, 11) is 1.21. The van der Waals surface area contributed by atoms with Gasteiger partial charge in [0, 0.05) is 18.0 Å². The molecule has 2 N–H and O–H groups in total. The highest BCUT2D eigenvalue weighted by molar-refractivity contribution is 5.84. The molecule has 0 aliphatic heterocycles. The third-order valence-electron chi connectivity index (χ3n) is 2.64. The Hall–Kier alpha value is -1.88. The van der Waals surface area contributed by atoms with E-state index in [1.54, 1.807) is 18.3 Å². The van der Waals surface area contributed by atoms with Gasteiger partial charge in [-0.3, -0.25) is 0 Å². The Morgan fingerprint density at radius 3 is 3.06 bits per heavy atom. The number of benzene rings is 1. The second kappa shape index (κ2) is 4.55. The first-order chi connectivity index (χ1) is 8.13. The summed E-state index contributed by atoms with van der Waals surface area (Å²) in [6, 6.07) is 4.66. The van der Waals surface area contributed by atoms with Crippen LogP contribution in [0.5, 0.6) is 0 Å². The molecule has 0 fully saturated rings. The van der Waals surface area contributed by atoms with Crippen molar-refractivity contribution < 1.29 is 19.0 Å². The summed E-state index contributed by atoms with van der Waals surface area (Å²) in [5, 5.41) is 10.2. The highest BCUT2D eigenvalue weighted by atomic mass is 19.1. The Bertz CT molecular complexity index is 550. The number of methoxy groups -OCH3 is 1. The standard InChI is InChI=1S/C12H12FNO3/c1-17-12(16)10(15)5-7-6-14-11-8(7)3-2-4-9(11)13/h2-4,6,10,14-15H,5H2,1H3/t10-/m0/s1. The molecule has 0 amide bonds. The Balaban J connectivity index is 2.31. The molecule has 1 atom stereocenters. The Morgan fingerprint density at radius 1 is 1.59 bits per heavy atom. The van der Waals surface area contributed by atoms with Gasteiger partial charge in [0.1, 0.15) is 5.82 Å². The summed E-state index contributed by atoms with van der Waals surface area (Å²) >= 11 is 0. The van der Waals surface area contributed by atoms with Gasteiger partial charge in [0.25, 0.3) is 0 Å². The number of rotatable bonds is 3. The van der Waals surface area contributed by atoms with E-state index in [1.165, 1.54) is 13.2 Å². The fourth-order valence-electron chi connectivity index (χ4n) is 1.77. The van der Waals surface area contributed by atoms with Crippen molar-refractivity contribution in [2.45, 2.75) is 12.5 Å². The fraction of sp³-hybridized carbons (Fsp3) is 0.250. The summed E-state index contributed by atoms with van der Waals surface area (Å²) in [6.07, 6.45) is 0.443. The number of fused-ring (bicyclic) bond motifs is 1. The number of nitrogens with one attached hydrogen (secondary N) is 1. The zero-order valence-corrected chi connectivity index (χ0v) is 9.24. The molecule has 0 radical (unpaired) electrons. The van der Waals surface area contributed by atoms with Crippen molar-refractivity contribution in [2.24, 2.45) is 0 Å². The highest BCUT2D eigenvalue weighted by Crippen LogP contribution is 2.21. The lowest BCUT2D eigenvalue weighted by Gasteiger charge is -2.06. The van der Waals surface area contributed by atoms with Crippen LogP contribution < -0.4 is 0 Å². The average molecular weight is 237 g/mol. The largest absolute Gasteiger partial charge is 0.467 e. The number of aliphatic hydroxyl groups excluding tert-OH is 1. The molecule has 5 heteroatoms. The number of aromatic amines is 1. The number of ether oxygens (including phenoxy) is 1. The lowest BCUT2D eigenvalue weighted by atomic mass is 10.1. The van der Waals surface area contributed by atoms with E-state index >= 15 is 0 Å². The van der Waals surface area contributed by atoms with E-state index in [9.17, 15) is 14.3 Å². The van der Waals surface area contributed by atoms with Crippen molar-refractivity contribution in [3.63, 3.8) is 0 Å². The molecule has 0 saturated carbocycles. The molecule has 4 nitrogen and oxygen atoms in total. The van der Waals surface area contributed by atoms with Crippen LogP contribution in [0, 0.1) is 5.82 Å². The van der Waals surface area contributed by atoms with Crippen molar-refractivity contribution in [3.8, 4) is 0 Å². The van der Waals surface area contributed by atoms with Crippen LogP contribution in [-0.2, 0) is 16.0 Å². The van der Waals surface area contributed by atoms with Crippen LogP contribution >= 0.6 is 0 Å². The molecule has 90 valence electrons. The highest BCUT2D eigenvalue weighted by Gasteiger charge is 2.18. The normalized spacial score (nSPS) is 12.6. The third-order valence-corrected chi connectivity index (χ3v) is 2.64. The lowest BCUT2D eigenvalue weighted by molar-refractivity contribution is -0.150. The molecule has 2 aromatic rings. The molecular weight excluding hydrogens is 225 g/mol. The number of carbonyl (C=O) groups is 1. The Labute approximate surface area is 97.0 Å². The van der Waals surface area contributed by atoms with Crippen molar-refractivity contribution in [3.05, 3.63) is 35.8 Å². The number of hydrogen-bond acceptors (Lipinski definition) is 3. The summed E-state index contributed by atoms with van der Waals surface area (Å²) in [5.41, 5.74) is 1.05. The van der Waals surface area contributed by atoms with Gasteiger partial charge in [0.15, 0.2) is 6.10 Å². The summed E-state index contributed by atoms with van der Waals surface area (Å²) < 4.78 is 17.8. The minimum absolute atomic E-state index is 0.0934. The van der Waals surface area contributed by atoms with E-state index in [1.807, 2.05) is 0 Å². The molecule has 0 aliphatic rings. The van der Waals surface area contributed by atoms with Gasteiger partial charge in [-0.15, -0.1) is 0 Å². The average Bonchev–Trinajstić information content (AvgIpc) is 2.73. The first kappa shape index (κ1) is 11.6. The first-order valence-electron chi connectivity index (χ1n) is 5.14. The van der Waals surface area contributed by atoms with Crippen molar-refractivity contribution >= 4 is 16.9 Å². The molecule has 17 heavy (non-hydrogen) atoms. The molecule has 1 aromatic carbocycles. The van der Waals surface area contributed by atoms with Crippen LogP contribution in [0.4, 0.5) is 4.39 Å². The number of aromatic nitrogens is 1. The predicted molar refractivity (Wildman–Crippen MR) is 60.0 cm³/mol. The predicted octanol–water partition coefficient (Wildman–Crippen LogP) is 1.38. The maximum Gasteiger partial charge on any atom is 0.335 e. The van der Waals surface area contributed by atoms with Gasteiger partial charge in [-0.25, -0.2) is 9.18 Å². The first-order valence-corrected chi connectivity index (χ1v) is 5.14. The van der Waals surface area contributed by atoms with Gasteiger partial charge >= 0.3 is 5.97 Å². The van der Waals surface area contributed by atoms with E-state index < -0.39 is 12.1 Å². The molecule has 2 rings (SSSR count). The van der Waals surface area contributed by atoms with E-state index in [-0.39, 0.29) is 12.2 Å². The maximum absolute atomic E-state index is 13.4. The zero-order valence-electron chi connectivity index (χ0n) is 9.24. The molecule has 0 spiro atoms. The van der Waals surface area contributed by atoms with Crippen LogP contribution in [0.3, 0.4) is 0 Å². The smallest absolute Gasteiger partial charge is 0.335 e. The third kappa shape index (κ3) is 2.14. The SMILES string of the molecule is COC(=O)[C@@H](O)Cc1c[nH]c2c(F)cccc12. The quantitative estimate of drug-likeness (QED) is 0.793. The molecule has 0 aliphatic carbocycles. The van der Waals surface area contributed by atoms with Crippen LogP contribution in [-0.4, -0.2) is 29.3 Å². The molecular formula is C12H12FNO3. The van der Waals surface area contributed by atoms with Gasteiger partial charge in [-0.2, -0.15) is 0 Å². The summed E-state index contributed by atoms with van der Waals surface area (Å²) in [6.45, 7) is 0. The number of carbonyl (C=O) groups excluding carboxylic acids is 1. The minimum Gasteiger partial charge on any atom is -0.467 e. The van der Waals surface area contributed by atoms with Gasteiger partial charge in [-0.05, 0) is 11.6 Å². The lowest BCUT2D eigenvalue weighted by Crippen LogP contribution is -2.23. The Morgan fingerprint density at radius 2 is 2.35 bits per heavy atom. The molecule has 0 saturated heterocycles. The number of esters is 1. The van der Waals surface area contributed by atoms with E-state index in [0.29, 0.717) is 16.5 Å². The molecule has 0 bridgehead atoms. The summed E-state index contributed by atoms with van der Waals surface area (Å²) in [4.78, 5) is 13.9. The zero-order chi connectivity index (χ0) is 12.4. The van der Waals surface area contributed by atoms with E-state index in [0.717, 1.165) is 0 Å². The Kier molecular flexibility index (Phi) is 3.10. The number of halogens is 1. The van der Waals surface area contributed by atoms with Crippen molar-refractivity contribution in [1.29, 1.82) is 0 Å². The number of H-pyrrole nitrogens is 1. The van der Waals surface area contributed by atoms with Crippen LogP contribution in [0.2, 0.25) is 0 Å². The topological polar surface area (TPSA) is 62.3 Å². The second-order valence-electron chi connectivity index (χ2n) is 3.72. The monoisotopic (exact) mass is 237 g/mol. The van der Waals surface area contributed by atoms with Gasteiger partial charge < -0.3 is 14.8 Å². The fourth-order valence-corrected chi connectivity index (χ4v) is 1.77. The minimum atomic E-state index is -1.23. The number of para-hydroxylation sites is 1. The maximum atomic E-state index is 13.4. The molecule has 0 unspecified atom stereocenters. The van der Waals surface area contributed by atoms with Crippen molar-refractivity contribution in [1.82, 2.24) is 4.98 Å². The van der Waals surface area contributed by atoms with Crippen LogP contribution in [0.1, 0.15) is 5.56 Å². The van der Waals surface area contributed by atoms with Crippen molar-refractivity contribution in [2.75, 3.05) is 7.11 Å². The van der Waals surface area contributed by atoms with Gasteiger partial charge in [0.05, 0.1) is 12.6 Å². The summed E-state index contributed by atoms with van der Waals surface area (Å²) in [5.74, 6) is -1.06. The number of hydrogen-bond donors (Lipinski definition) is 2. The van der Waals surface area contributed by atoms with Crippen LogP contribution in [0.15, 0.2) is 24.4 Å². The number of aliphatic hydroxyl groups is 1. The van der Waals surface area contributed by atoms with Crippen LogP contribution in [0.25, 0.3) is 10.9 Å². The molecule has 1 aromatic heterocycles. The van der Waals surface area contributed by atoms with Gasteiger partial charge in [0.2, 0.25) is 0 Å². The van der Waals surface area contributed by atoms with E-state index in [4.69, 9.17) is 0 Å².